The summed E-state index contributed by atoms with van der Waals surface area (Å²) >= 11 is 0. The van der Waals surface area contributed by atoms with E-state index in [4.69, 9.17) is 4.74 Å². The van der Waals surface area contributed by atoms with Crippen molar-refractivity contribution in [3.63, 3.8) is 0 Å². The van der Waals surface area contributed by atoms with Crippen LogP contribution in [0.3, 0.4) is 0 Å². The molecule has 5 heterocycles. The third kappa shape index (κ3) is 4.82. The topological polar surface area (TPSA) is 76.4 Å². The summed E-state index contributed by atoms with van der Waals surface area (Å²) in [6.07, 6.45) is 1.41. The molecule has 11 heteroatoms. The van der Waals surface area contributed by atoms with Crippen LogP contribution in [-0.2, 0) is 42.9 Å². The summed E-state index contributed by atoms with van der Waals surface area (Å²) in [4.78, 5) is 21.5. The Morgan fingerprint density at radius 2 is 2.03 bits per heavy atom. The average Bonchev–Trinajstić information content (AvgIpc) is 3.43. The number of likely N-dealkylation sites (tertiary alicyclic amines) is 1. The zero-order valence-electron chi connectivity index (χ0n) is 22.0. The zero-order chi connectivity index (χ0) is 27.4. The van der Waals surface area contributed by atoms with Gasteiger partial charge in [-0.2, -0.15) is 13.2 Å². The van der Waals surface area contributed by atoms with Crippen LogP contribution >= 0.6 is 0 Å². The van der Waals surface area contributed by atoms with Gasteiger partial charge in [0.05, 0.1) is 25.3 Å². The lowest BCUT2D eigenvalue weighted by Gasteiger charge is -2.41. The van der Waals surface area contributed by atoms with Crippen LogP contribution in [0.15, 0.2) is 36.8 Å². The number of carbonyl (C=O) groups excluding carboxylic acids is 1. The number of pyridine rings is 1. The molecule has 1 atom stereocenters. The third-order valence-corrected chi connectivity index (χ3v) is 8.25. The number of alkyl halides is 3. The van der Waals surface area contributed by atoms with E-state index in [1.807, 2.05) is 17.7 Å². The first-order valence-electron chi connectivity index (χ1n) is 13.3. The number of carbonyl (C=O) groups is 1. The molecular formula is C28H31F3N6O2. The second-order valence-corrected chi connectivity index (χ2v) is 11.3. The minimum absolute atomic E-state index is 0.0104. The smallest absolute Gasteiger partial charge is 0.379 e. The van der Waals surface area contributed by atoms with Gasteiger partial charge in [-0.05, 0) is 66.3 Å². The summed E-state index contributed by atoms with van der Waals surface area (Å²) < 4.78 is 50.1. The van der Waals surface area contributed by atoms with Crippen molar-refractivity contribution < 1.29 is 22.7 Å². The SMILES string of the molecule is CC1CCCN(Cc2cc3c(c(C(F)(F)F)c2)CN(c2cc(C4(Cc5nncn5C)COC4)ccn2)C3=O)C1. The molecule has 39 heavy (non-hydrogen) atoms. The second-order valence-electron chi connectivity index (χ2n) is 11.3. The molecule has 0 bridgehead atoms. The highest BCUT2D eigenvalue weighted by Crippen LogP contribution is 2.41. The largest absolute Gasteiger partial charge is 0.416 e. The van der Waals surface area contributed by atoms with Crippen molar-refractivity contribution in [1.29, 1.82) is 0 Å². The van der Waals surface area contributed by atoms with Crippen LogP contribution in [0.5, 0.6) is 0 Å². The first-order valence-corrected chi connectivity index (χ1v) is 13.3. The first kappa shape index (κ1) is 25.9. The number of fused-ring (bicyclic) bond motifs is 1. The van der Waals surface area contributed by atoms with Crippen molar-refractivity contribution in [2.75, 3.05) is 31.2 Å². The number of aryl methyl sites for hydroxylation is 1. The summed E-state index contributed by atoms with van der Waals surface area (Å²) in [5.41, 5.74) is 0.430. The molecule has 0 saturated carbocycles. The number of piperidine rings is 1. The molecule has 0 aliphatic carbocycles. The number of nitrogens with zero attached hydrogens (tertiary/aromatic N) is 6. The lowest BCUT2D eigenvalue weighted by atomic mass is 9.76. The van der Waals surface area contributed by atoms with Gasteiger partial charge in [-0.15, -0.1) is 10.2 Å². The van der Waals surface area contributed by atoms with E-state index in [0.717, 1.165) is 37.3 Å². The molecule has 0 spiro atoms. The first-order chi connectivity index (χ1) is 18.6. The highest BCUT2D eigenvalue weighted by atomic mass is 19.4. The maximum absolute atomic E-state index is 14.2. The minimum Gasteiger partial charge on any atom is -0.379 e. The average molecular weight is 541 g/mol. The number of amides is 1. The number of hydrogen-bond donors (Lipinski definition) is 0. The fourth-order valence-electron chi connectivity index (χ4n) is 6.07. The van der Waals surface area contributed by atoms with Crippen molar-refractivity contribution in [2.24, 2.45) is 13.0 Å². The van der Waals surface area contributed by atoms with Crippen LogP contribution in [0.1, 0.15) is 58.2 Å². The molecular weight excluding hydrogens is 509 g/mol. The molecule has 0 radical (unpaired) electrons. The van der Waals surface area contributed by atoms with E-state index in [1.165, 1.54) is 11.0 Å². The van der Waals surface area contributed by atoms with Gasteiger partial charge in [0.15, 0.2) is 0 Å². The normalized spacial score (nSPS) is 21.2. The Labute approximate surface area is 224 Å². The fourth-order valence-corrected chi connectivity index (χ4v) is 6.07. The molecule has 3 aromatic rings. The molecule has 0 N–H and O–H groups in total. The lowest BCUT2D eigenvalue weighted by molar-refractivity contribution is -0.138. The van der Waals surface area contributed by atoms with Crippen LogP contribution in [0.25, 0.3) is 0 Å². The van der Waals surface area contributed by atoms with Crippen molar-refractivity contribution in [2.45, 2.75) is 50.9 Å². The number of hydrogen-bond acceptors (Lipinski definition) is 6. The molecule has 2 aromatic heterocycles. The Morgan fingerprint density at radius 1 is 1.21 bits per heavy atom. The van der Waals surface area contributed by atoms with E-state index < -0.39 is 17.6 Å². The van der Waals surface area contributed by atoms with Gasteiger partial charge in [0.1, 0.15) is 18.0 Å². The molecule has 3 aliphatic rings. The molecule has 2 saturated heterocycles. The predicted octanol–water partition coefficient (Wildman–Crippen LogP) is 4.13. The van der Waals surface area contributed by atoms with Crippen molar-refractivity contribution in [3.8, 4) is 0 Å². The Bertz CT molecular complexity index is 1400. The summed E-state index contributed by atoms with van der Waals surface area (Å²) in [5, 5.41) is 8.16. The van der Waals surface area contributed by atoms with E-state index in [0.29, 0.717) is 43.5 Å². The number of benzene rings is 1. The summed E-state index contributed by atoms with van der Waals surface area (Å²) in [5.74, 6) is 1.18. The Hall–Kier alpha value is -3.31. The van der Waals surface area contributed by atoms with Crippen molar-refractivity contribution in [1.82, 2.24) is 24.6 Å². The highest BCUT2D eigenvalue weighted by Gasteiger charge is 2.44. The maximum Gasteiger partial charge on any atom is 0.416 e. The number of halogens is 3. The standard InChI is InChI=1S/C28H31F3N6O2/c1-18-4-3-7-36(12-18)13-19-8-21-22(23(9-19)28(29,30)31)14-37(26(21)38)24-10-20(5-6-32-24)27(15-39-16-27)11-25-34-33-17-35(25)2/h5-6,8-10,17-18H,3-4,7,11-16H2,1-2H3. The van der Waals surface area contributed by atoms with E-state index >= 15 is 0 Å². The van der Waals surface area contributed by atoms with E-state index in [1.54, 1.807) is 24.7 Å². The van der Waals surface area contributed by atoms with Crippen molar-refractivity contribution >= 4 is 11.7 Å². The molecule has 2 fully saturated rings. The number of anilines is 1. The van der Waals surface area contributed by atoms with Crippen LogP contribution in [-0.4, -0.2) is 56.9 Å². The van der Waals surface area contributed by atoms with Crippen LogP contribution in [0, 0.1) is 5.92 Å². The van der Waals surface area contributed by atoms with Gasteiger partial charge >= 0.3 is 6.18 Å². The molecule has 6 rings (SSSR count). The van der Waals surface area contributed by atoms with Gasteiger partial charge in [-0.3, -0.25) is 14.6 Å². The molecule has 3 aliphatic heterocycles. The van der Waals surface area contributed by atoms with E-state index in [-0.39, 0.29) is 23.1 Å². The molecule has 1 amide bonds. The Kier molecular flexibility index (Phi) is 6.46. The van der Waals surface area contributed by atoms with E-state index in [2.05, 4.69) is 27.0 Å². The predicted molar refractivity (Wildman–Crippen MR) is 137 cm³/mol. The molecule has 206 valence electrons. The fraction of sp³-hybridized carbons (Fsp3) is 0.500. The molecule has 8 nitrogen and oxygen atoms in total. The summed E-state index contributed by atoms with van der Waals surface area (Å²) in [7, 11) is 1.87. The van der Waals surface area contributed by atoms with Crippen LogP contribution in [0.2, 0.25) is 0 Å². The molecule has 1 aromatic carbocycles. The Morgan fingerprint density at radius 3 is 2.69 bits per heavy atom. The van der Waals surface area contributed by atoms with Gasteiger partial charge in [-0.25, -0.2) is 4.98 Å². The maximum atomic E-state index is 14.2. The summed E-state index contributed by atoms with van der Waals surface area (Å²) in [6.45, 7) is 5.00. The van der Waals surface area contributed by atoms with Gasteiger partial charge < -0.3 is 9.30 Å². The van der Waals surface area contributed by atoms with Crippen LogP contribution < -0.4 is 4.90 Å². The zero-order valence-corrected chi connectivity index (χ0v) is 22.0. The van der Waals surface area contributed by atoms with Gasteiger partial charge in [0.25, 0.3) is 5.91 Å². The Balaban J connectivity index is 1.31. The van der Waals surface area contributed by atoms with Gasteiger partial charge in [0, 0.05) is 43.7 Å². The second kappa shape index (κ2) is 9.71. The third-order valence-electron chi connectivity index (χ3n) is 8.25. The number of rotatable bonds is 6. The number of ether oxygens (including phenoxy) is 1. The van der Waals surface area contributed by atoms with Gasteiger partial charge in [-0.1, -0.05) is 6.92 Å². The highest BCUT2D eigenvalue weighted by molar-refractivity contribution is 6.10. The van der Waals surface area contributed by atoms with Crippen LogP contribution in [0.4, 0.5) is 19.0 Å². The van der Waals surface area contributed by atoms with Gasteiger partial charge in [0.2, 0.25) is 0 Å². The van der Waals surface area contributed by atoms with E-state index in [9.17, 15) is 18.0 Å². The number of aromatic nitrogens is 4. The van der Waals surface area contributed by atoms with Crippen molar-refractivity contribution in [3.05, 3.63) is 70.4 Å². The lowest BCUT2D eigenvalue weighted by Crippen LogP contribution is -2.49. The monoisotopic (exact) mass is 540 g/mol. The summed E-state index contributed by atoms with van der Waals surface area (Å²) in [6, 6.07) is 6.53. The quantitative estimate of drug-likeness (QED) is 0.468. The minimum atomic E-state index is -4.57. The molecule has 1 unspecified atom stereocenters.